The fraction of sp³-hybridized carbons (Fsp3) is 0.250. The molecule has 2 aromatic heterocycles. The number of aliphatic hydroxyl groups excluding tert-OH is 1. The number of halogens is 1. The number of amides is 1. The minimum Gasteiger partial charge on any atom is -0.395 e. The van der Waals surface area contributed by atoms with Gasteiger partial charge in [0.2, 0.25) is 0 Å². The van der Waals surface area contributed by atoms with Gasteiger partial charge in [-0.15, -0.1) is 0 Å². The molecule has 0 bridgehead atoms. The Labute approximate surface area is 136 Å². The fourth-order valence-electron chi connectivity index (χ4n) is 2.33. The van der Waals surface area contributed by atoms with Gasteiger partial charge in [0, 0.05) is 31.0 Å². The second-order valence-electron chi connectivity index (χ2n) is 5.25. The molecule has 0 aliphatic heterocycles. The average Bonchev–Trinajstić information content (AvgIpc) is 3.07. The van der Waals surface area contributed by atoms with Crippen molar-refractivity contribution in [3.8, 4) is 11.3 Å². The summed E-state index contributed by atoms with van der Waals surface area (Å²) in [5.41, 5.74) is 2.37. The van der Waals surface area contributed by atoms with Crippen LogP contribution in [0.4, 0.5) is 4.39 Å². The first-order valence-corrected chi connectivity index (χ1v) is 7.93. The zero-order valence-electron chi connectivity index (χ0n) is 12.8. The van der Waals surface area contributed by atoms with Crippen molar-refractivity contribution in [3.05, 3.63) is 46.9 Å². The smallest absolute Gasteiger partial charge is 0.265 e. The standard InChI is InChI=1S/C16H16FN3O2S/c1-10-14(15(22)19(2)7-8-21)23-16-18-13(9-20(10)16)11-3-5-12(17)6-4-11/h3-6,9,21H,7-8H2,1-2H3. The third-order valence-corrected chi connectivity index (χ3v) is 4.82. The molecule has 7 heteroatoms. The number of likely N-dealkylation sites (N-methyl/N-ethyl adjacent to an activating group) is 1. The van der Waals surface area contributed by atoms with E-state index in [1.807, 2.05) is 17.5 Å². The number of rotatable bonds is 4. The Bertz CT molecular complexity index is 854. The molecule has 0 atom stereocenters. The first-order chi connectivity index (χ1) is 11.0. The van der Waals surface area contributed by atoms with Crippen molar-refractivity contribution in [3.63, 3.8) is 0 Å². The monoisotopic (exact) mass is 333 g/mol. The highest BCUT2D eigenvalue weighted by atomic mass is 32.1. The molecule has 0 fully saturated rings. The number of carbonyl (C=O) groups is 1. The highest BCUT2D eigenvalue weighted by Crippen LogP contribution is 2.27. The summed E-state index contributed by atoms with van der Waals surface area (Å²) in [5.74, 6) is -0.416. The Kier molecular flexibility index (Phi) is 4.14. The summed E-state index contributed by atoms with van der Waals surface area (Å²) in [6, 6.07) is 6.15. The van der Waals surface area contributed by atoms with E-state index in [4.69, 9.17) is 5.11 Å². The summed E-state index contributed by atoms with van der Waals surface area (Å²) >= 11 is 1.31. The second-order valence-corrected chi connectivity index (χ2v) is 6.23. The van der Waals surface area contributed by atoms with Gasteiger partial charge in [0.1, 0.15) is 10.7 Å². The fourth-order valence-corrected chi connectivity index (χ4v) is 3.44. The van der Waals surface area contributed by atoms with Crippen LogP contribution in [0.1, 0.15) is 15.4 Å². The number of hydrogen-bond acceptors (Lipinski definition) is 4. The van der Waals surface area contributed by atoms with Gasteiger partial charge < -0.3 is 10.0 Å². The van der Waals surface area contributed by atoms with Gasteiger partial charge in [0.15, 0.2) is 4.96 Å². The first-order valence-electron chi connectivity index (χ1n) is 7.12. The van der Waals surface area contributed by atoms with Crippen LogP contribution in [0.25, 0.3) is 16.2 Å². The van der Waals surface area contributed by atoms with E-state index in [1.54, 1.807) is 19.2 Å². The molecule has 5 nitrogen and oxygen atoms in total. The summed E-state index contributed by atoms with van der Waals surface area (Å²) in [6.45, 7) is 2.08. The SMILES string of the molecule is Cc1c(C(=O)N(C)CCO)sc2nc(-c3ccc(F)cc3)cn12. The molecule has 0 saturated heterocycles. The Hall–Kier alpha value is -2.25. The van der Waals surface area contributed by atoms with Crippen LogP contribution in [0.2, 0.25) is 0 Å². The Morgan fingerprint density at radius 1 is 1.39 bits per heavy atom. The van der Waals surface area contributed by atoms with E-state index in [1.165, 1.54) is 28.4 Å². The maximum absolute atomic E-state index is 13.0. The Morgan fingerprint density at radius 2 is 2.09 bits per heavy atom. The molecule has 0 spiro atoms. The molecule has 1 amide bonds. The van der Waals surface area contributed by atoms with Crippen LogP contribution in [-0.2, 0) is 0 Å². The molecular formula is C16H16FN3O2S. The molecule has 0 unspecified atom stereocenters. The van der Waals surface area contributed by atoms with E-state index < -0.39 is 0 Å². The molecule has 0 aliphatic carbocycles. The van der Waals surface area contributed by atoms with Gasteiger partial charge >= 0.3 is 0 Å². The number of hydrogen-bond donors (Lipinski definition) is 1. The topological polar surface area (TPSA) is 57.8 Å². The summed E-state index contributed by atoms with van der Waals surface area (Å²) < 4.78 is 14.9. The van der Waals surface area contributed by atoms with Gasteiger partial charge in [-0.3, -0.25) is 9.20 Å². The first kappa shape index (κ1) is 15.6. The van der Waals surface area contributed by atoms with Crippen molar-refractivity contribution in [1.82, 2.24) is 14.3 Å². The zero-order chi connectivity index (χ0) is 16.6. The van der Waals surface area contributed by atoms with Gasteiger partial charge in [0.25, 0.3) is 5.91 Å². The second kappa shape index (κ2) is 6.10. The van der Waals surface area contributed by atoms with Crippen molar-refractivity contribution in [2.75, 3.05) is 20.2 Å². The molecule has 2 heterocycles. The lowest BCUT2D eigenvalue weighted by molar-refractivity contribution is 0.0770. The van der Waals surface area contributed by atoms with Crippen molar-refractivity contribution in [2.24, 2.45) is 0 Å². The number of nitrogens with zero attached hydrogens (tertiary/aromatic N) is 3. The third kappa shape index (κ3) is 2.85. The molecule has 120 valence electrons. The zero-order valence-corrected chi connectivity index (χ0v) is 13.6. The minimum atomic E-state index is -0.286. The normalized spacial score (nSPS) is 11.1. The van der Waals surface area contributed by atoms with Gasteiger partial charge in [0.05, 0.1) is 12.3 Å². The molecule has 0 radical (unpaired) electrons. The van der Waals surface area contributed by atoms with Gasteiger partial charge in [-0.1, -0.05) is 11.3 Å². The van der Waals surface area contributed by atoms with Crippen LogP contribution in [0.3, 0.4) is 0 Å². The largest absolute Gasteiger partial charge is 0.395 e. The third-order valence-electron chi connectivity index (χ3n) is 3.67. The molecule has 3 aromatic rings. The lowest BCUT2D eigenvalue weighted by Gasteiger charge is -2.14. The summed E-state index contributed by atoms with van der Waals surface area (Å²) in [6.07, 6.45) is 1.84. The molecule has 1 N–H and O–H groups in total. The maximum Gasteiger partial charge on any atom is 0.265 e. The van der Waals surface area contributed by atoms with E-state index in [0.29, 0.717) is 16.4 Å². The molecule has 1 aromatic carbocycles. The number of aliphatic hydroxyl groups is 1. The number of carbonyl (C=O) groups excluding carboxylic acids is 1. The molecule has 3 rings (SSSR count). The van der Waals surface area contributed by atoms with Crippen LogP contribution in [0.15, 0.2) is 30.5 Å². The number of thiazole rings is 1. The number of imidazole rings is 1. The number of aryl methyl sites for hydroxylation is 1. The quantitative estimate of drug-likeness (QED) is 0.798. The predicted octanol–water partition coefficient (Wildman–Crippen LogP) is 2.57. The van der Waals surface area contributed by atoms with Crippen molar-refractivity contribution in [2.45, 2.75) is 6.92 Å². The highest BCUT2D eigenvalue weighted by molar-refractivity contribution is 7.19. The van der Waals surface area contributed by atoms with Gasteiger partial charge in [-0.2, -0.15) is 0 Å². The van der Waals surface area contributed by atoms with Gasteiger partial charge in [-0.05, 0) is 31.2 Å². The van der Waals surface area contributed by atoms with Crippen LogP contribution in [-0.4, -0.2) is 45.5 Å². The molecule has 23 heavy (non-hydrogen) atoms. The average molecular weight is 333 g/mol. The predicted molar refractivity (Wildman–Crippen MR) is 87.2 cm³/mol. The van der Waals surface area contributed by atoms with Crippen molar-refractivity contribution in [1.29, 1.82) is 0 Å². The van der Waals surface area contributed by atoms with Crippen molar-refractivity contribution >= 4 is 22.2 Å². The number of benzene rings is 1. The number of aromatic nitrogens is 2. The minimum absolute atomic E-state index is 0.0709. The van der Waals surface area contributed by atoms with Crippen molar-refractivity contribution < 1.29 is 14.3 Å². The molecular weight excluding hydrogens is 317 g/mol. The van der Waals surface area contributed by atoms with E-state index >= 15 is 0 Å². The summed E-state index contributed by atoms with van der Waals surface area (Å²) in [5, 5.41) is 8.95. The summed E-state index contributed by atoms with van der Waals surface area (Å²) in [4.78, 5) is 19.7. The van der Waals surface area contributed by atoms with Crippen LogP contribution in [0.5, 0.6) is 0 Å². The lowest BCUT2D eigenvalue weighted by atomic mass is 10.2. The van der Waals surface area contributed by atoms with E-state index in [-0.39, 0.29) is 18.3 Å². The van der Waals surface area contributed by atoms with Crippen LogP contribution < -0.4 is 0 Å². The maximum atomic E-state index is 13.0. The Balaban J connectivity index is 1.97. The van der Waals surface area contributed by atoms with Crippen LogP contribution >= 0.6 is 11.3 Å². The van der Waals surface area contributed by atoms with E-state index in [9.17, 15) is 9.18 Å². The summed E-state index contributed by atoms with van der Waals surface area (Å²) in [7, 11) is 1.66. The molecule has 0 aliphatic rings. The Morgan fingerprint density at radius 3 is 2.70 bits per heavy atom. The lowest BCUT2D eigenvalue weighted by Crippen LogP contribution is -2.29. The van der Waals surface area contributed by atoms with Gasteiger partial charge in [-0.25, -0.2) is 9.37 Å². The molecule has 0 saturated carbocycles. The van der Waals surface area contributed by atoms with E-state index in [2.05, 4.69) is 4.98 Å². The van der Waals surface area contributed by atoms with Crippen LogP contribution in [0, 0.1) is 12.7 Å². The van der Waals surface area contributed by atoms with E-state index in [0.717, 1.165) is 17.0 Å². The highest BCUT2D eigenvalue weighted by Gasteiger charge is 2.20. The number of fused-ring (bicyclic) bond motifs is 1.